The van der Waals surface area contributed by atoms with Gasteiger partial charge in [0.05, 0.1) is 6.04 Å². The van der Waals surface area contributed by atoms with Crippen molar-refractivity contribution in [2.75, 3.05) is 7.11 Å². The molecule has 2 N–H and O–H groups in total. The molecular formula is C14H28NO+. The molecule has 2 aliphatic carbocycles. The lowest BCUT2D eigenvalue weighted by Crippen LogP contribution is -2.97. The number of methoxy groups -OCH3 is 1. The Labute approximate surface area is 100 Å². The number of quaternary nitrogens is 1. The number of hydrogen-bond donors (Lipinski definition) is 1. The topological polar surface area (TPSA) is 25.8 Å². The minimum Gasteiger partial charge on any atom is -0.375 e. The van der Waals surface area contributed by atoms with Gasteiger partial charge < -0.3 is 10.1 Å². The van der Waals surface area contributed by atoms with Crippen LogP contribution in [-0.4, -0.2) is 25.3 Å². The second kappa shape index (κ2) is 6.61. The van der Waals surface area contributed by atoms with Gasteiger partial charge in [0.15, 0.2) is 0 Å². The lowest BCUT2D eigenvalue weighted by atomic mass is 9.91. The van der Waals surface area contributed by atoms with Crippen LogP contribution in [0, 0.1) is 0 Å². The Morgan fingerprint density at radius 2 is 1.44 bits per heavy atom. The molecule has 0 radical (unpaired) electrons. The second-order valence-corrected chi connectivity index (χ2v) is 5.67. The summed E-state index contributed by atoms with van der Waals surface area (Å²) in [4.78, 5) is 0. The van der Waals surface area contributed by atoms with Gasteiger partial charge in [-0.25, -0.2) is 0 Å². The average Bonchev–Trinajstić information content (AvgIpc) is 2.58. The van der Waals surface area contributed by atoms with Crippen LogP contribution in [0.1, 0.15) is 64.2 Å². The molecule has 2 rings (SSSR count). The van der Waals surface area contributed by atoms with E-state index < -0.39 is 0 Å². The largest absolute Gasteiger partial charge is 0.375 e. The highest BCUT2D eigenvalue weighted by Gasteiger charge is 2.30. The molecule has 2 fully saturated rings. The van der Waals surface area contributed by atoms with Crippen LogP contribution in [0.25, 0.3) is 0 Å². The van der Waals surface area contributed by atoms with Gasteiger partial charge in [0.2, 0.25) is 0 Å². The summed E-state index contributed by atoms with van der Waals surface area (Å²) in [5.41, 5.74) is 0. The van der Waals surface area contributed by atoms with E-state index in [0.717, 1.165) is 12.1 Å². The third-order valence-corrected chi connectivity index (χ3v) is 4.48. The molecule has 0 unspecified atom stereocenters. The van der Waals surface area contributed by atoms with Crippen molar-refractivity contribution in [3.8, 4) is 0 Å². The van der Waals surface area contributed by atoms with Crippen LogP contribution in [0.5, 0.6) is 0 Å². The van der Waals surface area contributed by atoms with Crippen LogP contribution in [0.15, 0.2) is 0 Å². The first kappa shape index (κ1) is 12.4. The summed E-state index contributed by atoms with van der Waals surface area (Å²) in [6.45, 7) is 0. The Bertz CT molecular complexity index is 187. The fraction of sp³-hybridized carbons (Fsp3) is 1.00. The summed E-state index contributed by atoms with van der Waals surface area (Å²) in [5.74, 6) is 0. The molecule has 0 saturated heterocycles. The zero-order valence-corrected chi connectivity index (χ0v) is 10.8. The van der Waals surface area contributed by atoms with E-state index in [4.69, 9.17) is 4.74 Å². The van der Waals surface area contributed by atoms with Gasteiger partial charge in [-0.3, -0.25) is 0 Å². The summed E-state index contributed by atoms with van der Waals surface area (Å²) < 4.78 is 5.65. The van der Waals surface area contributed by atoms with Crippen LogP contribution in [-0.2, 0) is 4.74 Å². The summed E-state index contributed by atoms with van der Waals surface area (Å²) >= 11 is 0. The molecule has 2 atom stereocenters. The van der Waals surface area contributed by atoms with Crippen molar-refractivity contribution in [1.82, 2.24) is 0 Å². The third kappa shape index (κ3) is 3.46. The Balaban J connectivity index is 1.81. The van der Waals surface area contributed by atoms with Gasteiger partial charge in [0.1, 0.15) is 12.1 Å². The number of nitrogens with two attached hydrogens (primary N) is 1. The van der Waals surface area contributed by atoms with Gasteiger partial charge in [0, 0.05) is 13.5 Å². The molecule has 94 valence electrons. The SMILES string of the molecule is CO[C@@H]1CCCC[C@@H]1[NH2+]C1CCCCCC1. The van der Waals surface area contributed by atoms with Gasteiger partial charge in [-0.1, -0.05) is 19.3 Å². The molecule has 0 bridgehead atoms. The maximum Gasteiger partial charge on any atom is 0.113 e. The summed E-state index contributed by atoms with van der Waals surface area (Å²) in [6, 6.07) is 1.64. The quantitative estimate of drug-likeness (QED) is 0.734. The molecule has 0 aromatic carbocycles. The maximum absolute atomic E-state index is 5.65. The normalized spacial score (nSPS) is 33.6. The van der Waals surface area contributed by atoms with E-state index in [2.05, 4.69) is 5.32 Å². The minimum absolute atomic E-state index is 0.525. The highest BCUT2D eigenvalue weighted by atomic mass is 16.5. The number of rotatable bonds is 3. The van der Waals surface area contributed by atoms with Gasteiger partial charge in [-0.05, 0) is 38.5 Å². The van der Waals surface area contributed by atoms with Crippen molar-refractivity contribution in [2.45, 2.75) is 82.4 Å². The second-order valence-electron chi connectivity index (χ2n) is 5.67. The first-order valence-corrected chi connectivity index (χ1v) is 7.28. The minimum atomic E-state index is 0.525. The lowest BCUT2D eigenvalue weighted by Gasteiger charge is -2.31. The zero-order chi connectivity index (χ0) is 11.2. The van der Waals surface area contributed by atoms with Crippen LogP contribution in [0.4, 0.5) is 0 Å². The van der Waals surface area contributed by atoms with Crippen molar-refractivity contribution in [2.24, 2.45) is 0 Å². The Hall–Kier alpha value is -0.0800. The zero-order valence-electron chi connectivity index (χ0n) is 10.8. The molecule has 2 nitrogen and oxygen atoms in total. The highest BCUT2D eigenvalue weighted by molar-refractivity contribution is 4.75. The molecule has 2 aliphatic rings. The van der Waals surface area contributed by atoms with E-state index in [1.54, 1.807) is 0 Å². The Morgan fingerprint density at radius 3 is 2.12 bits per heavy atom. The molecule has 2 saturated carbocycles. The summed E-state index contributed by atoms with van der Waals surface area (Å²) in [5, 5.41) is 2.67. The molecular weight excluding hydrogens is 198 g/mol. The summed E-state index contributed by atoms with van der Waals surface area (Å²) in [7, 11) is 1.89. The molecule has 0 aliphatic heterocycles. The van der Waals surface area contributed by atoms with Crippen molar-refractivity contribution >= 4 is 0 Å². The van der Waals surface area contributed by atoms with E-state index in [-0.39, 0.29) is 0 Å². The smallest absolute Gasteiger partial charge is 0.113 e. The monoisotopic (exact) mass is 226 g/mol. The standard InChI is InChI=1S/C14H27NO/c1-16-14-11-7-6-10-13(14)15-12-8-4-2-3-5-9-12/h12-15H,2-11H2,1H3/p+1/t13-,14+/m0/s1. The highest BCUT2D eigenvalue weighted by Crippen LogP contribution is 2.20. The fourth-order valence-corrected chi connectivity index (χ4v) is 3.49. The predicted octanol–water partition coefficient (Wildman–Crippen LogP) is 2.23. The van der Waals surface area contributed by atoms with Crippen molar-refractivity contribution in [3.05, 3.63) is 0 Å². The van der Waals surface area contributed by atoms with E-state index >= 15 is 0 Å². The summed E-state index contributed by atoms with van der Waals surface area (Å²) in [6.07, 6.45) is 14.7. The maximum atomic E-state index is 5.65. The van der Waals surface area contributed by atoms with Crippen LogP contribution in [0.2, 0.25) is 0 Å². The first-order chi connectivity index (χ1) is 7.90. The van der Waals surface area contributed by atoms with E-state index in [0.29, 0.717) is 6.10 Å². The van der Waals surface area contributed by atoms with Gasteiger partial charge in [0.25, 0.3) is 0 Å². The Kier molecular flexibility index (Phi) is 5.11. The molecule has 0 amide bonds. The van der Waals surface area contributed by atoms with Crippen LogP contribution >= 0.6 is 0 Å². The predicted molar refractivity (Wildman–Crippen MR) is 66.5 cm³/mol. The fourth-order valence-electron chi connectivity index (χ4n) is 3.49. The van der Waals surface area contributed by atoms with Crippen molar-refractivity contribution in [3.63, 3.8) is 0 Å². The molecule has 16 heavy (non-hydrogen) atoms. The molecule has 0 aromatic rings. The lowest BCUT2D eigenvalue weighted by molar-refractivity contribution is -0.730. The molecule has 0 heterocycles. The first-order valence-electron chi connectivity index (χ1n) is 7.28. The van der Waals surface area contributed by atoms with E-state index in [1.807, 2.05) is 7.11 Å². The number of ether oxygens (including phenoxy) is 1. The molecule has 0 aromatic heterocycles. The van der Waals surface area contributed by atoms with Crippen molar-refractivity contribution < 1.29 is 10.1 Å². The van der Waals surface area contributed by atoms with Gasteiger partial charge in [-0.2, -0.15) is 0 Å². The van der Waals surface area contributed by atoms with Gasteiger partial charge in [-0.15, -0.1) is 0 Å². The average molecular weight is 226 g/mol. The molecule has 2 heteroatoms. The van der Waals surface area contributed by atoms with Crippen molar-refractivity contribution in [1.29, 1.82) is 0 Å². The van der Waals surface area contributed by atoms with Crippen LogP contribution < -0.4 is 5.32 Å². The Morgan fingerprint density at radius 1 is 0.812 bits per heavy atom. The molecule has 0 spiro atoms. The number of hydrogen-bond acceptors (Lipinski definition) is 1. The van der Waals surface area contributed by atoms with Gasteiger partial charge >= 0.3 is 0 Å². The van der Waals surface area contributed by atoms with Crippen LogP contribution in [0.3, 0.4) is 0 Å². The van der Waals surface area contributed by atoms with E-state index in [1.165, 1.54) is 64.2 Å². The third-order valence-electron chi connectivity index (χ3n) is 4.48. The van der Waals surface area contributed by atoms with E-state index in [9.17, 15) is 0 Å².